The molecule has 17 heavy (non-hydrogen) atoms. The number of nitrogens with two attached hydrogens (primary N) is 1. The van der Waals surface area contributed by atoms with E-state index in [9.17, 15) is 4.79 Å². The van der Waals surface area contributed by atoms with Crippen LogP contribution in [0.1, 0.15) is 26.7 Å². The molecule has 1 heterocycles. The second-order valence-corrected chi connectivity index (χ2v) is 5.72. The summed E-state index contributed by atoms with van der Waals surface area (Å²) in [5.41, 5.74) is 0.892. The van der Waals surface area contributed by atoms with Crippen LogP contribution in [0.25, 0.3) is 0 Å². The number of anilines is 1. The number of pyridine rings is 1. The Morgan fingerprint density at radius 1 is 1.65 bits per heavy atom. The third-order valence-corrected chi connectivity index (χ3v) is 3.93. The molecule has 0 aromatic carbocycles. The number of hydrogen-bond donors (Lipinski definition) is 2. The Kier molecular flexibility index (Phi) is 3.40. The summed E-state index contributed by atoms with van der Waals surface area (Å²) in [6, 6.07) is 3.57. The molecule has 1 aliphatic carbocycles. The van der Waals surface area contributed by atoms with Crippen LogP contribution in [-0.2, 0) is 4.79 Å². The molecule has 1 unspecified atom stereocenters. The highest BCUT2D eigenvalue weighted by Gasteiger charge is 2.43. The first kappa shape index (κ1) is 12.4. The number of rotatable bonds is 3. The molecule has 1 aliphatic rings. The molecular weight excluding hydrogens is 234 g/mol. The van der Waals surface area contributed by atoms with Crippen LogP contribution < -0.4 is 10.5 Å². The van der Waals surface area contributed by atoms with Crippen molar-refractivity contribution >= 4 is 23.5 Å². The third kappa shape index (κ3) is 2.61. The predicted molar refractivity (Wildman–Crippen MR) is 69.4 cm³/mol. The van der Waals surface area contributed by atoms with Gasteiger partial charge in [-0.2, -0.15) is 0 Å². The molecule has 92 valence electrons. The number of amides is 1. The van der Waals surface area contributed by atoms with Crippen LogP contribution in [0.15, 0.2) is 23.4 Å². The monoisotopic (exact) mass is 251 g/mol. The average molecular weight is 251 g/mol. The molecule has 1 aromatic rings. The summed E-state index contributed by atoms with van der Waals surface area (Å²) in [4.78, 5) is 16.1. The Balaban J connectivity index is 2.03. The molecule has 4 nitrogen and oxygen atoms in total. The Bertz CT molecular complexity index is 434. The van der Waals surface area contributed by atoms with E-state index in [2.05, 4.69) is 24.1 Å². The van der Waals surface area contributed by atoms with E-state index in [1.807, 2.05) is 0 Å². The van der Waals surface area contributed by atoms with Crippen LogP contribution in [0.4, 0.5) is 5.69 Å². The van der Waals surface area contributed by atoms with Crippen LogP contribution in [-0.4, -0.2) is 10.9 Å². The van der Waals surface area contributed by atoms with E-state index in [-0.39, 0.29) is 17.2 Å². The quantitative estimate of drug-likeness (QED) is 0.810. The summed E-state index contributed by atoms with van der Waals surface area (Å²) < 4.78 is 0. The Morgan fingerprint density at radius 3 is 2.94 bits per heavy atom. The fraction of sp³-hybridized carbons (Fsp3) is 0.500. The lowest BCUT2D eigenvalue weighted by molar-refractivity contribution is -0.128. The largest absolute Gasteiger partial charge is 0.326 e. The predicted octanol–water partition coefficient (Wildman–Crippen LogP) is 2.42. The van der Waals surface area contributed by atoms with Gasteiger partial charge in [0.05, 0.1) is 0 Å². The van der Waals surface area contributed by atoms with Crippen LogP contribution in [0, 0.1) is 11.3 Å². The van der Waals surface area contributed by atoms with Gasteiger partial charge in [0, 0.05) is 17.8 Å². The highest BCUT2D eigenvalue weighted by molar-refractivity contribution is 7.97. The van der Waals surface area contributed by atoms with Gasteiger partial charge in [-0.05, 0) is 42.3 Å². The number of aromatic nitrogens is 1. The Hall–Kier alpha value is -1.07. The molecule has 3 N–H and O–H groups in total. The van der Waals surface area contributed by atoms with Crippen molar-refractivity contribution in [2.24, 2.45) is 16.5 Å². The van der Waals surface area contributed by atoms with Gasteiger partial charge < -0.3 is 5.32 Å². The Morgan fingerprint density at radius 2 is 2.41 bits per heavy atom. The first-order valence-electron chi connectivity index (χ1n) is 5.66. The number of carbonyl (C=O) groups excluding carboxylic acids is 1. The van der Waals surface area contributed by atoms with Crippen molar-refractivity contribution in [1.82, 2.24) is 4.98 Å². The molecule has 5 heteroatoms. The SMILES string of the molecule is CC1(C)CCC1C(=O)Nc1ccnc(SN)c1. The van der Waals surface area contributed by atoms with Crippen molar-refractivity contribution in [3.05, 3.63) is 18.3 Å². The molecule has 0 spiro atoms. The molecule has 1 amide bonds. The zero-order chi connectivity index (χ0) is 12.5. The summed E-state index contributed by atoms with van der Waals surface area (Å²) in [7, 11) is 0. The standard InChI is InChI=1S/C12H17N3OS/c1-12(2)5-3-9(12)11(16)15-8-4-6-14-10(7-8)17-13/h4,6-7,9H,3,5,13H2,1-2H3,(H,14,15,16). The van der Waals surface area contributed by atoms with Gasteiger partial charge in [-0.1, -0.05) is 13.8 Å². The average Bonchev–Trinajstić information content (AvgIpc) is 2.28. The van der Waals surface area contributed by atoms with Crippen LogP contribution in [0.5, 0.6) is 0 Å². The van der Waals surface area contributed by atoms with Gasteiger partial charge in [0.25, 0.3) is 0 Å². The second-order valence-electron chi connectivity index (χ2n) is 5.07. The van der Waals surface area contributed by atoms with E-state index < -0.39 is 0 Å². The van der Waals surface area contributed by atoms with E-state index in [1.54, 1.807) is 18.3 Å². The van der Waals surface area contributed by atoms with Crippen LogP contribution in [0.2, 0.25) is 0 Å². The number of nitrogens with one attached hydrogen (secondary N) is 1. The molecule has 0 bridgehead atoms. The molecule has 2 rings (SSSR count). The first-order chi connectivity index (χ1) is 8.03. The minimum Gasteiger partial charge on any atom is -0.326 e. The van der Waals surface area contributed by atoms with Gasteiger partial charge in [-0.25, -0.2) is 4.98 Å². The summed E-state index contributed by atoms with van der Waals surface area (Å²) in [5, 5.41) is 9.06. The van der Waals surface area contributed by atoms with Crippen LogP contribution >= 0.6 is 11.9 Å². The molecule has 1 fully saturated rings. The van der Waals surface area contributed by atoms with Crippen molar-refractivity contribution in [3.8, 4) is 0 Å². The highest BCUT2D eigenvalue weighted by Crippen LogP contribution is 2.46. The summed E-state index contributed by atoms with van der Waals surface area (Å²) in [5.74, 6) is 0.213. The lowest BCUT2D eigenvalue weighted by Gasteiger charge is -2.43. The normalized spacial score (nSPS) is 21.7. The zero-order valence-corrected chi connectivity index (χ0v) is 10.9. The minimum atomic E-state index is 0.0976. The molecule has 1 aromatic heterocycles. The van der Waals surface area contributed by atoms with Gasteiger partial charge in [-0.3, -0.25) is 9.93 Å². The Labute approximate surface area is 106 Å². The van der Waals surface area contributed by atoms with Gasteiger partial charge >= 0.3 is 0 Å². The van der Waals surface area contributed by atoms with Gasteiger partial charge in [0.2, 0.25) is 5.91 Å². The number of hydrogen-bond acceptors (Lipinski definition) is 4. The number of nitrogens with zero attached hydrogens (tertiary/aromatic N) is 1. The lowest BCUT2D eigenvalue weighted by atomic mass is 9.62. The fourth-order valence-corrected chi connectivity index (χ4v) is 2.45. The molecule has 0 saturated heterocycles. The van der Waals surface area contributed by atoms with Crippen molar-refractivity contribution < 1.29 is 4.79 Å². The maximum Gasteiger partial charge on any atom is 0.228 e. The van der Waals surface area contributed by atoms with Gasteiger partial charge in [0.1, 0.15) is 5.03 Å². The van der Waals surface area contributed by atoms with Crippen LogP contribution in [0.3, 0.4) is 0 Å². The van der Waals surface area contributed by atoms with Crippen molar-refractivity contribution in [2.45, 2.75) is 31.7 Å². The molecule has 0 radical (unpaired) electrons. The first-order valence-corrected chi connectivity index (χ1v) is 6.54. The van der Waals surface area contributed by atoms with Crippen molar-refractivity contribution in [3.63, 3.8) is 0 Å². The van der Waals surface area contributed by atoms with Gasteiger partial charge in [-0.15, -0.1) is 0 Å². The third-order valence-electron chi connectivity index (χ3n) is 3.46. The van der Waals surface area contributed by atoms with Crippen molar-refractivity contribution in [2.75, 3.05) is 5.32 Å². The molecule has 0 aliphatic heterocycles. The summed E-state index contributed by atoms with van der Waals surface area (Å²) in [6.07, 6.45) is 3.74. The molecular formula is C12H17N3OS. The maximum atomic E-state index is 12.0. The maximum absolute atomic E-state index is 12.0. The summed E-state index contributed by atoms with van der Waals surface area (Å²) >= 11 is 1.08. The molecule has 1 atom stereocenters. The summed E-state index contributed by atoms with van der Waals surface area (Å²) in [6.45, 7) is 4.27. The fourth-order valence-electron chi connectivity index (χ4n) is 2.13. The van der Waals surface area contributed by atoms with E-state index in [0.717, 1.165) is 30.5 Å². The zero-order valence-electron chi connectivity index (χ0n) is 10.1. The van der Waals surface area contributed by atoms with Gasteiger partial charge in [0.15, 0.2) is 0 Å². The van der Waals surface area contributed by atoms with Crippen molar-refractivity contribution in [1.29, 1.82) is 0 Å². The number of carbonyl (C=O) groups is 1. The van der Waals surface area contributed by atoms with E-state index in [4.69, 9.17) is 5.14 Å². The van der Waals surface area contributed by atoms with E-state index >= 15 is 0 Å². The minimum absolute atomic E-state index is 0.0976. The second kappa shape index (κ2) is 4.66. The highest BCUT2D eigenvalue weighted by atomic mass is 32.2. The lowest BCUT2D eigenvalue weighted by Crippen LogP contribution is -2.42. The smallest absolute Gasteiger partial charge is 0.228 e. The molecule has 1 saturated carbocycles. The van der Waals surface area contributed by atoms with E-state index in [0.29, 0.717) is 5.03 Å². The van der Waals surface area contributed by atoms with E-state index in [1.165, 1.54) is 0 Å². The topological polar surface area (TPSA) is 68.0 Å².